The zero-order chi connectivity index (χ0) is 21.2. The standard InChI is InChI=1S/C23H23N7O/c24-21-19(23(31)27-16-8-2-1-3-9-16)20-22(29-18-11-5-4-10-17(18)28-20)30(21)26-14-15-7-6-12-25-13-15/h4-7,10-14,16H,1-3,8-9,24H2,(H,27,31)/b26-14-. The van der Waals surface area contributed by atoms with Crippen LogP contribution in [0.15, 0.2) is 53.9 Å². The molecule has 8 heteroatoms. The summed E-state index contributed by atoms with van der Waals surface area (Å²) in [6.45, 7) is 0. The predicted molar refractivity (Wildman–Crippen MR) is 121 cm³/mol. The molecule has 0 atom stereocenters. The van der Waals surface area contributed by atoms with Gasteiger partial charge in [0.25, 0.3) is 5.91 Å². The van der Waals surface area contributed by atoms with Crippen molar-refractivity contribution in [2.75, 3.05) is 5.73 Å². The average Bonchev–Trinajstić information content (AvgIpc) is 3.07. The van der Waals surface area contributed by atoms with Crippen LogP contribution in [0, 0.1) is 0 Å². The number of fused-ring (bicyclic) bond motifs is 2. The summed E-state index contributed by atoms with van der Waals surface area (Å²) in [5.74, 6) is -0.00642. The third-order valence-electron chi connectivity index (χ3n) is 5.65. The Kier molecular flexibility index (Phi) is 5.03. The minimum absolute atomic E-state index is 0.159. The molecule has 0 aliphatic heterocycles. The van der Waals surface area contributed by atoms with E-state index >= 15 is 0 Å². The molecule has 31 heavy (non-hydrogen) atoms. The first kappa shape index (κ1) is 19.2. The van der Waals surface area contributed by atoms with Crippen molar-refractivity contribution in [3.63, 3.8) is 0 Å². The van der Waals surface area contributed by atoms with Gasteiger partial charge in [-0.1, -0.05) is 37.5 Å². The van der Waals surface area contributed by atoms with Crippen LogP contribution in [0.25, 0.3) is 22.2 Å². The van der Waals surface area contributed by atoms with Crippen LogP contribution in [0.2, 0.25) is 0 Å². The van der Waals surface area contributed by atoms with Crippen molar-refractivity contribution in [2.24, 2.45) is 5.10 Å². The average molecular weight is 413 g/mol. The van der Waals surface area contributed by atoms with Gasteiger partial charge in [0.1, 0.15) is 16.9 Å². The molecule has 0 bridgehead atoms. The number of benzene rings is 1. The van der Waals surface area contributed by atoms with Gasteiger partial charge in [-0.15, -0.1) is 0 Å². The molecule has 8 nitrogen and oxygen atoms in total. The van der Waals surface area contributed by atoms with E-state index in [-0.39, 0.29) is 17.8 Å². The molecular weight excluding hydrogens is 390 g/mol. The molecule has 1 aromatic carbocycles. The molecule has 3 N–H and O–H groups in total. The number of pyridine rings is 1. The lowest BCUT2D eigenvalue weighted by Gasteiger charge is -2.22. The molecule has 0 unspecified atom stereocenters. The van der Waals surface area contributed by atoms with Crippen molar-refractivity contribution in [3.05, 3.63) is 59.9 Å². The monoisotopic (exact) mass is 413 g/mol. The van der Waals surface area contributed by atoms with E-state index in [0.29, 0.717) is 27.8 Å². The fourth-order valence-corrected chi connectivity index (χ4v) is 4.07. The van der Waals surface area contributed by atoms with E-state index < -0.39 is 0 Å². The van der Waals surface area contributed by atoms with E-state index in [1.54, 1.807) is 18.6 Å². The Morgan fingerprint density at radius 2 is 1.87 bits per heavy atom. The zero-order valence-corrected chi connectivity index (χ0v) is 17.0. The molecule has 1 aliphatic carbocycles. The van der Waals surface area contributed by atoms with Gasteiger partial charge in [-0.05, 0) is 31.0 Å². The van der Waals surface area contributed by atoms with Crippen molar-refractivity contribution >= 4 is 40.1 Å². The van der Waals surface area contributed by atoms with Crippen molar-refractivity contribution in [1.82, 2.24) is 24.9 Å². The second-order valence-electron chi connectivity index (χ2n) is 7.80. The smallest absolute Gasteiger partial charge is 0.257 e. The molecule has 0 saturated heterocycles. The van der Waals surface area contributed by atoms with Crippen LogP contribution in [-0.4, -0.2) is 37.8 Å². The number of hydrogen-bond donors (Lipinski definition) is 2. The van der Waals surface area contributed by atoms with Crippen molar-refractivity contribution in [3.8, 4) is 0 Å². The lowest BCUT2D eigenvalue weighted by atomic mass is 9.95. The molecule has 3 heterocycles. The number of hydrogen-bond acceptors (Lipinski definition) is 6. The van der Waals surface area contributed by atoms with Crippen molar-refractivity contribution < 1.29 is 4.79 Å². The Morgan fingerprint density at radius 1 is 1.10 bits per heavy atom. The topological polar surface area (TPSA) is 111 Å². The number of nitrogens with one attached hydrogen (secondary N) is 1. The molecule has 1 fully saturated rings. The predicted octanol–water partition coefficient (Wildman–Crippen LogP) is 3.51. The first-order valence-corrected chi connectivity index (χ1v) is 10.5. The van der Waals surface area contributed by atoms with Crippen LogP contribution in [0.5, 0.6) is 0 Å². The van der Waals surface area contributed by atoms with Gasteiger partial charge >= 0.3 is 0 Å². The molecule has 3 aromatic heterocycles. The second kappa shape index (κ2) is 8.14. The Labute approximate surface area is 179 Å². The van der Waals surface area contributed by atoms with E-state index in [0.717, 1.165) is 31.2 Å². The van der Waals surface area contributed by atoms with Crippen LogP contribution in [0.4, 0.5) is 5.82 Å². The highest BCUT2D eigenvalue weighted by molar-refractivity contribution is 6.10. The third kappa shape index (κ3) is 3.72. The molecule has 1 saturated carbocycles. The number of anilines is 1. The fraction of sp³-hybridized carbons (Fsp3) is 0.261. The highest BCUT2D eigenvalue weighted by Crippen LogP contribution is 2.28. The van der Waals surface area contributed by atoms with Gasteiger partial charge < -0.3 is 11.1 Å². The first-order chi connectivity index (χ1) is 15.2. The zero-order valence-electron chi connectivity index (χ0n) is 17.0. The number of para-hydroxylation sites is 2. The van der Waals surface area contributed by atoms with Gasteiger partial charge in [0.05, 0.1) is 17.2 Å². The van der Waals surface area contributed by atoms with E-state index in [1.807, 2.05) is 36.4 Å². The normalized spacial score (nSPS) is 15.1. The minimum Gasteiger partial charge on any atom is -0.383 e. The van der Waals surface area contributed by atoms with Crippen LogP contribution >= 0.6 is 0 Å². The second-order valence-corrected chi connectivity index (χ2v) is 7.80. The molecule has 0 radical (unpaired) electrons. The Bertz CT molecular complexity index is 1270. The Morgan fingerprint density at radius 3 is 2.61 bits per heavy atom. The summed E-state index contributed by atoms with van der Waals surface area (Å²) in [6, 6.07) is 11.4. The number of nitrogens with zero attached hydrogens (tertiary/aromatic N) is 5. The van der Waals surface area contributed by atoms with E-state index in [4.69, 9.17) is 15.7 Å². The van der Waals surface area contributed by atoms with Crippen molar-refractivity contribution in [1.29, 1.82) is 0 Å². The Hall–Kier alpha value is -3.81. The maximum absolute atomic E-state index is 13.2. The maximum Gasteiger partial charge on any atom is 0.257 e. The molecule has 1 amide bonds. The number of carbonyl (C=O) groups excluding carboxylic acids is 1. The summed E-state index contributed by atoms with van der Waals surface area (Å²) in [4.78, 5) is 26.8. The molecule has 5 rings (SSSR count). The number of aromatic nitrogens is 4. The number of rotatable bonds is 4. The van der Waals surface area contributed by atoms with Gasteiger partial charge in [-0.25, -0.2) is 9.97 Å². The molecule has 1 aliphatic rings. The molecule has 0 spiro atoms. The first-order valence-electron chi connectivity index (χ1n) is 10.5. The summed E-state index contributed by atoms with van der Waals surface area (Å²) in [6.07, 6.45) is 10.5. The van der Waals surface area contributed by atoms with Crippen LogP contribution < -0.4 is 11.1 Å². The highest BCUT2D eigenvalue weighted by Gasteiger charge is 2.26. The minimum atomic E-state index is -0.227. The molecule has 156 valence electrons. The number of nitrogens with two attached hydrogens (primary N) is 1. The van der Waals surface area contributed by atoms with E-state index in [1.165, 1.54) is 11.1 Å². The number of carbonyl (C=O) groups is 1. The van der Waals surface area contributed by atoms with Gasteiger partial charge in [0.2, 0.25) is 0 Å². The SMILES string of the molecule is Nc1c(C(=O)NC2CCCCC2)c2nc3ccccc3nc2n1/N=C\c1cccnc1. The third-order valence-corrected chi connectivity index (χ3v) is 5.65. The summed E-state index contributed by atoms with van der Waals surface area (Å²) < 4.78 is 1.48. The fourth-order valence-electron chi connectivity index (χ4n) is 4.07. The van der Waals surface area contributed by atoms with Crippen LogP contribution in [0.3, 0.4) is 0 Å². The van der Waals surface area contributed by atoms with Crippen molar-refractivity contribution in [2.45, 2.75) is 38.1 Å². The Balaban J connectivity index is 1.63. The quantitative estimate of drug-likeness (QED) is 0.497. The molecule has 4 aromatic rings. The van der Waals surface area contributed by atoms with Crippen LogP contribution in [-0.2, 0) is 0 Å². The summed E-state index contributed by atoms with van der Waals surface area (Å²) in [5.41, 5.74) is 9.89. The number of amides is 1. The lowest BCUT2D eigenvalue weighted by molar-refractivity contribution is 0.0930. The summed E-state index contributed by atoms with van der Waals surface area (Å²) >= 11 is 0. The van der Waals surface area contributed by atoms with E-state index in [9.17, 15) is 4.79 Å². The van der Waals surface area contributed by atoms with Gasteiger partial charge in [-0.3, -0.25) is 9.78 Å². The van der Waals surface area contributed by atoms with Gasteiger partial charge in [0, 0.05) is 24.0 Å². The molecular formula is C23H23N7O. The maximum atomic E-state index is 13.2. The largest absolute Gasteiger partial charge is 0.383 e. The number of nitrogen functional groups attached to an aromatic ring is 1. The van der Waals surface area contributed by atoms with Crippen LogP contribution in [0.1, 0.15) is 48.0 Å². The van der Waals surface area contributed by atoms with E-state index in [2.05, 4.69) is 15.4 Å². The lowest BCUT2D eigenvalue weighted by Crippen LogP contribution is -2.36. The summed E-state index contributed by atoms with van der Waals surface area (Å²) in [7, 11) is 0. The van der Waals surface area contributed by atoms with Gasteiger partial charge in [0.15, 0.2) is 5.65 Å². The van der Waals surface area contributed by atoms with Gasteiger partial charge in [-0.2, -0.15) is 9.78 Å². The highest BCUT2D eigenvalue weighted by atomic mass is 16.1. The summed E-state index contributed by atoms with van der Waals surface area (Å²) in [5, 5.41) is 7.65.